The summed E-state index contributed by atoms with van der Waals surface area (Å²) in [5.41, 5.74) is 2.21. The van der Waals surface area contributed by atoms with Crippen molar-refractivity contribution < 1.29 is 8.78 Å². The molecule has 1 aliphatic heterocycles. The molecule has 0 aromatic heterocycles. The van der Waals surface area contributed by atoms with E-state index in [0.29, 0.717) is 11.6 Å². The molecule has 0 amide bonds. The molecule has 0 radical (unpaired) electrons. The fraction of sp³-hybridized carbons (Fsp3) is 0.273. The highest BCUT2D eigenvalue weighted by Gasteiger charge is 2.21. The van der Waals surface area contributed by atoms with Gasteiger partial charge >= 0.3 is 0 Å². The molecule has 0 saturated carbocycles. The summed E-state index contributed by atoms with van der Waals surface area (Å²) in [7, 11) is 0. The highest BCUT2D eigenvalue weighted by atomic mass is 35.5. The van der Waals surface area contributed by atoms with Gasteiger partial charge in [-0.2, -0.15) is 10.2 Å². The maximum Gasteiger partial charge on any atom is 0.278 e. The van der Waals surface area contributed by atoms with Crippen molar-refractivity contribution in [1.29, 1.82) is 0 Å². The van der Waals surface area contributed by atoms with Gasteiger partial charge in [-0.05, 0) is 11.1 Å². The maximum absolute atomic E-state index is 12.3. The van der Waals surface area contributed by atoms with Gasteiger partial charge in [0, 0.05) is 12.3 Å². The Bertz CT molecular complexity index is 438. The van der Waals surface area contributed by atoms with Crippen molar-refractivity contribution in [3.63, 3.8) is 0 Å². The lowest BCUT2D eigenvalue weighted by Gasteiger charge is -2.02. The van der Waals surface area contributed by atoms with E-state index in [1.165, 1.54) is 0 Å². The van der Waals surface area contributed by atoms with Crippen molar-refractivity contribution in [2.75, 3.05) is 0 Å². The summed E-state index contributed by atoms with van der Waals surface area (Å²) in [5, 5.41) is 7.22. The molecule has 1 heterocycles. The minimum atomic E-state index is -2.52. The van der Waals surface area contributed by atoms with Gasteiger partial charge in [0.2, 0.25) is 0 Å². The topological polar surface area (TPSA) is 24.7 Å². The summed E-state index contributed by atoms with van der Waals surface area (Å²) in [4.78, 5) is 0. The van der Waals surface area contributed by atoms with E-state index in [-0.39, 0.29) is 12.1 Å². The first-order valence-corrected chi connectivity index (χ1v) is 5.31. The summed E-state index contributed by atoms with van der Waals surface area (Å²) in [6.07, 6.45) is -2.40. The molecule has 1 aliphatic rings. The quantitative estimate of drug-likeness (QED) is 0.727. The van der Waals surface area contributed by atoms with Crippen LogP contribution in [0.15, 0.2) is 34.5 Å². The average molecular weight is 243 g/mol. The third kappa shape index (κ3) is 2.27. The summed E-state index contributed by atoms with van der Waals surface area (Å²) < 4.78 is 24.7. The van der Waals surface area contributed by atoms with Gasteiger partial charge in [0.25, 0.3) is 6.43 Å². The first kappa shape index (κ1) is 11.2. The Morgan fingerprint density at radius 1 is 1.19 bits per heavy atom. The molecule has 0 atom stereocenters. The Morgan fingerprint density at radius 2 is 1.88 bits per heavy atom. The predicted octanol–water partition coefficient (Wildman–Crippen LogP) is 3.24. The van der Waals surface area contributed by atoms with Crippen molar-refractivity contribution in [1.82, 2.24) is 0 Å². The fourth-order valence-corrected chi connectivity index (χ4v) is 1.61. The maximum atomic E-state index is 12.3. The molecular weight excluding hydrogens is 234 g/mol. The Hall–Kier alpha value is -1.29. The van der Waals surface area contributed by atoms with Gasteiger partial charge in [-0.3, -0.25) is 0 Å². The molecule has 0 spiro atoms. The summed E-state index contributed by atoms with van der Waals surface area (Å²) in [6.45, 7) is 0. The second-order valence-corrected chi connectivity index (χ2v) is 3.71. The van der Waals surface area contributed by atoms with Crippen LogP contribution in [-0.2, 0) is 5.88 Å². The van der Waals surface area contributed by atoms with Crippen LogP contribution in [0.5, 0.6) is 0 Å². The van der Waals surface area contributed by atoms with Crippen LogP contribution in [0.4, 0.5) is 8.78 Å². The zero-order chi connectivity index (χ0) is 11.5. The van der Waals surface area contributed by atoms with Crippen LogP contribution < -0.4 is 0 Å². The monoisotopic (exact) mass is 242 g/mol. The first-order chi connectivity index (χ1) is 7.70. The zero-order valence-corrected chi connectivity index (χ0v) is 9.09. The van der Waals surface area contributed by atoms with Gasteiger partial charge in [-0.25, -0.2) is 8.78 Å². The lowest BCUT2D eigenvalue weighted by Crippen LogP contribution is -2.11. The molecular formula is C11H9ClF2N2. The molecule has 0 saturated heterocycles. The first-order valence-electron chi connectivity index (χ1n) is 4.77. The van der Waals surface area contributed by atoms with E-state index in [1.54, 1.807) is 0 Å². The highest BCUT2D eigenvalue weighted by molar-refractivity contribution is 6.17. The molecule has 1 aromatic rings. The van der Waals surface area contributed by atoms with Crippen LogP contribution in [-0.4, -0.2) is 17.8 Å². The van der Waals surface area contributed by atoms with Crippen LogP contribution in [0.2, 0.25) is 0 Å². The van der Waals surface area contributed by atoms with E-state index in [4.69, 9.17) is 11.6 Å². The fourth-order valence-electron chi connectivity index (χ4n) is 1.43. The van der Waals surface area contributed by atoms with Gasteiger partial charge in [0.15, 0.2) is 0 Å². The minimum Gasteiger partial charge on any atom is -0.204 e. The number of hydrogen-bond acceptors (Lipinski definition) is 2. The van der Waals surface area contributed by atoms with E-state index in [9.17, 15) is 8.78 Å². The van der Waals surface area contributed by atoms with Crippen molar-refractivity contribution >= 4 is 23.0 Å². The molecule has 1 aromatic carbocycles. The number of halogens is 3. The van der Waals surface area contributed by atoms with Gasteiger partial charge in [-0.15, -0.1) is 11.6 Å². The van der Waals surface area contributed by atoms with Crippen LogP contribution >= 0.6 is 11.6 Å². The highest BCUT2D eigenvalue weighted by Crippen LogP contribution is 2.16. The van der Waals surface area contributed by atoms with E-state index in [0.717, 1.165) is 11.1 Å². The van der Waals surface area contributed by atoms with Crippen molar-refractivity contribution in [3.8, 4) is 0 Å². The molecule has 0 bridgehead atoms. The summed E-state index contributed by atoms with van der Waals surface area (Å²) in [5.74, 6) is 0.436. The number of benzene rings is 1. The third-order valence-corrected chi connectivity index (χ3v) is 2.65. The summed E-state index contributed by atoms with van der Waals surface area (Å²) >= 11 is 5.65. The molecule has 0 unspecified atom stereocenters. The molecule has 5 heteroatoms. The largest absolute Gasteiger partial charge is 0.278 e. The lowest BCUT2D eigenvalue weighted by molar-refractivity contribution is 0.224. The number of alkyl halides is 3. The van der Waals surface area contributed by atoms with Gasteiger partial charge in [0.05, 0.1) is 5.71 Å². The minimum absolute atomic E-state index is 0.123. The van der Waals surface area contributed by atoms with Crippen molar-refractivity contribution in [2.45, 2.75) is 18.7 Å². The Kier molecular flexibility index (Phi) is 3.29. The molecule has 16 heavy (non-hydrogen) atoms. The van der Waals surface area contributed by atoms with Crippen LogP contribution in [0, 0.1) is 0 Å². The average Bonchev–Trinajstić information content (AvgIpc) is 2.78. The second-order valence-electron chi connectivity index (χ2n) is 3.45. The van der Waals surface area contributed by atoms with Crippen LogP contribution in [0.25, 0.3) is 0 Å². The number of nitrogens with zero attached hydrogens (tertiary/aromatic N) is 2. The molecule has 2 rings (SSSR count). The predicted molar refractivity (Wildman–Crippen MR) is 60.6 cm³/mol. The zero-order valence-electron chi connectivity index (χ0n) is 8.33. The Morgan fingerprint density at radius 3 is 2.38 bits per heavy atom. The number of hydrogen-bond donors (Lipinski definition) is 0. The number of rotatable bonds is 3. The van der Waals surface area contributed by atoms with E-state index in [2.05, 4.69) is 10.2 Å². The van der Waals surface area contributed by atoms with Gasteiger partial charge in [-0.1, -0.05) is 24.3 Å². The Balaban J connectivity index is 2.11. The van der Waals surface area contributed by atoms with Gasteiger partial charge < -0.3 is 0 Å². The van der Waals surface area contributed by atoms with Crippen LogP contribution in [0.3, 0.4) is 0 Å². The molecule has 0 aliphatic carbocycles. The Labute approximate surface area is 96.6 Å². The van der Waals surface area contributed by atoms with Crippen molar-refractivity contribution in [2.24, 2.45) is 10.2 Å². The van der Waals surface area contributed by atoms with E-state index >= 15 is 0 Å². The third-order valence-electron chi connectivity index (χ3n) is 2.34. The standard InChI is InChI=1S/C11H9ClF2N2/c12-6-7-1-3-8(4-2-7)9-5-10(11(13)14)16-15-9/h1-4,11H,5-6H2. The van der Waals surface area contributed by atoms with E-state index in [1.807, 2.05) is 24.3 Å². The van der Waals surface area contributed by atoms with Crippen LogP contribution in [0.1, 0.15) is 17.5 Å². The second kappa shape index (κ2) is 4.70. The molecule has 0 N–H and O–H groups in total. The SMILES string of the molecule is FC(F)C1=NN=C(c2ccc(CCl)cc2)C1. The smallest absolute Gasteiger partial charge is 0.204 e. The molecule has 84 valence electrons. The molecule has 2 nitrogen and oxygen atoms in total. The van der Waals surface area contributed by atoms with Crippen molar-refractivity contribution in [3.05, 3.63) is 35.4 Å². The van der Waals surface area contributed by atoms with Gasteiger partial charge in [0.1, 0.15) is 5.71 Å². The summed E-state index contributed by atoms with van der Waals surface area (Å²) in [6, 6.07) is 7.34. The molecule has 0 fully saturated rings. The van der Waals surface area contributed by atoms with E-state index < -0.39 is 6.43 Å². The lowest BCUT2D eigenvalue weighted by atomic mass is 10.0. The normalized spacial score (nSPS) is 15.2.